The second kappa shape index (κ2) is 8.63. The van der Waals surface area contributed by atoms with Gasteiger partial charge in [-0.05, 0) is 52.8 Å². The normalized spacial score (nSPS) is 21.5. The molecule has 0 radical (unpaired) electrons. The van der Waals surface area contributed by atoms with E-state index in [1.54, 1.807) is 7.11 Å². The molecule has 5 rings (SSSR count). The molecule has 184 valence electrons. The van der Waals surface area contributed by atoms with Crippen LogP contribution in [0.1, 0.15) is 43.9 Å². The zero-order valence-electron chi connectivity index (χ0n) is 21.0. The van der Waals surface area contributed by atoms with Gasteiger partial charge in [-0.1, -0.05) is 69.3 Å². The highest BCUT2D eigenvalue weighted by atomic mass is 16.5. The Kier molecular flexibility index (Phi) is 5.70. The average Bonchev–Trinajstić information content (AvgIpc) is 3.31. The van der Waals surface area contributed by atoms with Crippen molar-refractivity contribution in [3.8, 4) is 5.75 Å². The van der Waals surface area contributed by atoms with Crippen molar-refractivity contribution in [3.05, 3.63) is 89.5 Å². The summed E-state index contributed by atoms with van der Waals surface area (Å²) >= 11 is 0. The van der Waals surface area contributed by atoms with Gasteiger partial charge in [-0.15, -0.1) is 0 Å². The van der Waals surface area contributed by atoms with E-state index < -0.39 is 11.3 Å². The van der Waals surface area contributed by atoms with Crippen molar-refractivity contribution in [2.45, 2.75) is 44.4 Å². The molecule has 3 aromatic carbocycles. The molecule has 1 saturated heterocycles. The number of carbonyl (C=O) groups excluding carboxylic acids is 3. The lowest BCUT2D eigenvalue weighted by atomic mass is 9.66. The fourth-order valence-electron chi connectivity index (χ4n) is 5.66. The van der Waals surface area contributed by atoms with Crippen molar-refractivity contribution in [1.82, 2.24) is 0 Å². The zero-order chi connectivity index (χ0) is 25.7. The number of imide groups is 1. The molecular formula is C30H30N2O4. The standard InChI is InChI=1S/C30H30N2O4/c1-29(2,3)22-13-6-8-15-25(22)32-26(33)17-23(27(32)34)30(18-19-10-9-11-20(16-19)36-4)21-12-5-7-14-24(21)31-28(30)35/h5-16,23H,17-18H2,1-4H3,(H,31,35)/t23-,30-/m0/s1. The molecule has 0 aliphatic carbocycles. The third-order valence-electron chi connectivity index (χ3n) is 7.37. The smallest absolute Gasteiger partial charge is 0.238 e. The Morgan fingerprint density at radius 3 is 2.44 bits per heavy atom. The first-order valence-corrected chi connectivity index (χ1v) is 12.2. The Morgan fingerprint density at radius 1 is 0.972 bits per heavy atom. The summed E-state index contributed by atoms with van der Waals surface area (Å²) in [5, 5.41) is 2.99. The van der Waals surface area contributed by atoms with Gasteiger partial charge in [0.25, 0.3) is 0 Å². The van der Waals surface area contributed by atoms with Gasteiger partial charge in [-0.25, -0.2) is 4.90 Å². The van der Waals surface area contributed by atoms with Crippen LogP contribution in [-0.4, -0.2) is 24.8 Å². The largest absolute Gasteiger partial charge is 0.497 e. The van der Waals surface area contributed by atoms with E-state index in [0.717, 1.165) is 16.7 Å². The fraction of sp³-hybridized carbons (Fsp3) is 0.300. The van der Waals surface area contributed by atoms with E-state index >= 15 is 0 Å². The summed E-state index contributed by atoms with van der Waals surface area (Å²) in [6.45, 7) is 6.16. The lowest BCUT2D eigenvalue weighted by molar-refractivity contribution is -0.130. The Morgan fingerprint density at radius 2 is 1.69 bits per heavy atom. The number of benzene rings is 3. The summed E-state index contributed by atoms with van der Waals surface area (Å²) in [6, 6.07) is 22.5. The first-order chi connectivity index (χ1) is 17.2. The summed E-state index contributed by atoms with van der Waals surface area (Å²) in [5.41, 5.74) is 2.28. The van der Waals surface area contributed by atoms with Gasteiger partial charge >= 0.3 is 0 Å². The molecule has 0 saturated carbocycles. The number of fused-ring (bicyclic) bond motifs is 1. The van der Waals surface area contributed by atoms with E-state index in [2.05, 4.69) is 26.1 Å². The number of ether oxygens (including phenoxy) is 1. The minimum Gasteiger partial charge on any atom is -0.497 e. The van der Waals surface area contributed by atoms with E-state index in [9.17, 15) is 14.4 Å². The van der Waals surface area contributed by atoms with E-state index in [1.807, 2.05) is 72.8 Å². The maximum atomic E-state index is 14.2. The molecular weight excluding hydrogens is 452 g/mol. The van der Waals surface area contributed by atoms with Crippen LogP contribution in [0.4, 0.5) is 11.4 Å². The quantitative estimate of drug-likeness (QED) is 0.519. The molecule has 0 aromatic heterocycles. The molecule has 2 aliphatic rings. The van der Waals surface area contributed by atoms with Crippen LogP contribution in [0.15, 0.2) is 72.8 Å². The maximum absolute atomic E-state index is 14.2. The van der Waals surface area contributed by atoms with Crippen molar-refractivity contribution in [3.63, 3.8) is 0 Å². The molecule has 0 unspecified atom stereocenters. The summed E-state index contributed by atoms with van der Waals surface area (Å²) in [4.78, 5) is 42.8. The Bertz CT molecular complexity index is 1370. The number of hydrogen-bond acceptors (Lipinski definition) is 4. The van der Waals surface area contributed by atoms with Crippen LogP contribution in [0.5, 0.6) is 5.75 Å². The molecule has 0 spiro atoms. The van der Waals surface area contributed by atoms with Gasteiger partial charge in [0.15, 0.2) is 0 Å². The molecule has 6 heteroatoms. The van der Waals surface area contributed by atoms with Crippen molar-refractivity contribution in [2.24, 2.45) is 5.92 Å². The van der Waals surface area contributed by atoms with E-state index in [-0.39, 0.29) is 36.0 Å². The minimum atomic E-state index is -1.22. The second-order valence-electron chi connectivity index (χ2n) is 10.6. The predicted octanol–water partition coefficient (Wildman–Crippen LogP) is 5.01. The van der Waals surface area contributed by atoms with Crippen LogP contribution in [0, 0.1) is 5.92 Å². The Balaban J connectivity index is 1.65. The molecule has 2 atom stereocenters. The first-order valence-electron chi connectivity index (χ1n) is 12.2. The zero-order valence-corrected chi connectivity index (χ0v) is 21.0. The summed E-state index contributed by atoms with van der Waals surface area (Å²) < 4.78 is 5.40. The molecule has 2 heterocycles. The Hall–Kier alpha value is -3.93. The summed E-state index contributed by atoms with van der Waals surface area (Å²) in [6.07, 6.45) is 0.231. The average molecular weight is 483 g/mol. The summed E-state index contributed by atoms with van der Waals surface area (Å²) in [5.74, 6) is -1.06. The lowest BCUT2D eigenvalue weighted by Gasteiger charge is -2.33. The minimum absolute atomic E-state index is 0.0387. The van der Waals surface area contributed by atoms with Gasteiger partial charge in [0.1, 0.15) is 5.75 Å². The highest BCUT2D eigenvalue weighted by Gasteiger charge is 2.59. The van der Waals surface area contributed by atoms with Crippen molar-refractivity contribution >= 4 is 29.1 Å². The first kappa shape index (κ1) is 23.8. The van der Waals surface area contributed by atoms with Crippen LogP contribution < -0.4 is 15.0 Å². The number of nitrogens with zero attached hydrogens (tertiary/aromatic N) is 1. The molecule has 3 amide bonds. The van der Waals surface area contributed by atoms with Crippen molar-refractivity contribution < 1.29 is 19.1 Å². The number of amides is 3. The van der Waals surface area contributed by atoms with Crippen LogP contribution in [-0.2, 0) is 31.6 Å². The summed E-state index contributed by atoms with van der Waals surface area (Å²) in [7, 11) is 1.59. The van der Waals surface area contributed by atoms with Crippen LogP contribution in [0.3, 0.4) is 0 Å². The molecule has 1 N–H and O–H groups in total. The number of methoxy groups -OCH3 is 1. The fourth-order valence-corrected chi connectivity index (χ4v) is 5.66. The lowest BCUT2D eigenvalue weighted by Crippen LogP contribution is -2.47. The molecule has 3 aromatic rings. The van der Waals surface area contributed by atoms with Crippen molar-refractivity contribution in [2.75, 3.05) is 17.3 Å². The molecule has 0 bridgehead atoms. The van der Waals surface area contributed by atoms with Gasteiger partial charge in [-0.2, -0.15) is 0 Å². The monoisotopic (exact) mass is 482 g/mol. The number of nitrogens with one attached hydrogen (secondary N) is 1. The van der Waals surface area contributed by atoms with Crippen molar-refractivity contribution in [1.29, 1.82) is 0 Å². The van der Waals surface area contributed by atoms with Crippen LogP contribution in [0.25, 0.3) is 0 Å². The number of hydrogen-bond donors (Lipinski definition) is 1. The third-order valence-corrected chi connectivity index (χ3v) is 7.37. The SMILES string of the molecule is COc1cccc(C[C@]2([C@H]3CC(=O)N(c4ccccc4C(C)(C)C)C3=O)C(=O)Nc3ccccc32)c1. The van der Waals surface area contributed by atoms with E-state index in [4.69, 9.17) is 4.74 Å². The van der Waals surface area contributed by atoms with Gasteiger partial charge in [-0.3, -0.25) is 14.4 Å². The number of para-hydroxylation sites is 2. The topological polar surface area (TPSA) is 75.7 Å². The molecule has 1 fully saturated rings. The van der Waals surface area contributed by atoms with Gasteiger partial charge < -0.3 is 10.1 Å². The highest BCUT2D eigenvalue weighted by molar-refractivity contribution is 6.24. The van der Waals surface area contributed by atoms with Crippen LogP contribution in [0.2, 0.25) is 0 Å². The van der Waals surface area contributed by atoms with Gasteiger partial charge in [0.05, 0.1) is 24.1 Å². The number of carbonyl (C=O) groups is 3. The van der Waals surface area contributed by atoms with Crippen LogP contribution >= 0.6 is 0 Å². The highest BCUT2D eigenvalue weighted by Crippen LogP contribution is 2.50. The molecule has 2 aliphatic heterocycles. The Labute approximate surface area is 211 Å². The maximum Gasteiger partial charge on any atom is 0.238 e. The van der Waals surface area contributed by atoms with E-state index in [0.29, 0.717) is 17.1 Å². The molecule has 36 heavy (non-hydrogen) atoms. The second-order valence-corrected chi connectivity index (χ2v) is 10.6. The number of rotatable bonds is 5. The predicted molar refractivity (Wildman–Crippen MR) is 139 cm³/mol. The number of anilines is 2. The third kappa shape index (κ3) is 3.68. The molecule has 6 nitrogen and oxygen atoms in total. The van der Waals surface area contributed by atoms with Gasteiger partial charge in [0, 0.05) is 12.1 Å². The van der Waals surface area contributed by atoms with E-state index in [1.165, 1.54) is 4.90 Å². The van der Waals surface area contributed by atoms with Gasteiger partial charge in [0.2, 0.25) is 17.7 Å².